The predicted molar refractivity (Wildman–Crippen MR) is 92.7 cm³/mol. The molecule has 2 heterocycles. The van der Waals surface area contributed by atoms with Gasteiger partial charge in [0.2, 0.25) is 5.91 Å². The highest BCUT2D eigenvalue weighted by molar-refractivity contribution is 7.16. The molecule has 1 aliphatic carbocycles. The van der Waals surface area contributed by atoms with Crippen molar-refractivity contribution in [3.63, 3.8) is 0 Å². The number of thiophene rings is 1. The quantitative estimate of drug-likeness (QED) is 0.624. The number of nitrogens with two attached hydrogens (primary N) is 1. The highest BCUT2D eigenvalue weighted by atomic mass is 32.1. The standard InChI is InChI=1S/C18H21N3O2S/c19-11-15-14-6-2-1-3-7-16(14)24-18(15)21-17(22)8-9-20-12-13-5-4-10-23-13/h4-5,10,20H,1-3,6-9,12H2,(H,21,22)/p+1. The topological polar surface area (TPSA) is 82.6 Å². The Hall–Kier alpha value is -2.10. The molecule has 0 fully saturated rings. The minimum absolute atomic E-state index is 0.0291. The molecule has 0 aromatic carbocycles. The zero-order valence-electron chi connectivity index (χ0n) is 13.6. The monoisotopic (exact) mass is 344 g/mol. The van der Waals surface area contributed by atoms with Gasteiger partial charge in [-0.05, 0) is 43.4 Å². The summed E-state index contributed by atoms with van der Waals surface area (Å²) in [5.74, 6) is 0.878. The second kappa shape index (κ2) is 8.13. The highest BCUT2D eigenvalue weighted by Gasteiger charge is 2.20. The molecule has 5 nitrogen and oxygen atoms in total. The van der Waals surface area contributed by atoms with E-state index in [1.807, 2.05) is 17.4 Å². The first-order valence-corrected chi connectivity index (χ1v) is 9.28. The van der Waals surface area contributed by atoms with Crippen LogP contribution in [0.25, 0.3) is 0 Å². The van der Waals surface area contributed by atoms with Gasteiger partial charge in [-0.2, -0.15) is 5.26 Å². The van der Waals surface area contributed by atoms with Crippen LogP contribution < -0.4 is 10.6 Å². The van der Waals surface area contributed by atoms with E-state index in [2.05, 4.69) is 11.4 Å². The molecule has 24 heavy (non-hydrogen) atoms. The number of aryl methyl sites for hydroxylation is 1. The van der Waals surface area contributed by atoms with E-state index in [1.54, 1.807) is 17.6 Å². The summed E-state index contributed by atoms with van der Waals surface area (Å²) < 4.78 is 5.26. The van der Waals surface area contributed by atoms with Crippen LogP contribution in [0, 0.1) is 11.3 Å². The van der Waals surface area contributed by atoms with E-state index in [4.69, 9.17) is 4.42 Å². The number of quaternary nitrogens is 1. The zero-order chi connectivity index (χ0) is 16.8. The summed E-state index contributed by atoms with van der Waals surface area (Å²) >= 11 is 1.59. The van der Waals surface area contributed by atoms with E-state index in [0.717, 1.165) is 36.6 Å². The first kappa shape index (κ1) is 16.7. The van der Waals surface area contributed by atoms with E-state index in [1.165, 1.54) is 23.3 Å². The highest BCUT2D eigenvalue weighted by Crippen LogP contribution is 2.36. The Morgan fingerprint density at radius 1 is 1.38 bits per heavy atom. The van der Waals surface area contributed by atoms with Crippen molar-refractivity contribution in [3.05, 3.63) is 40.2 Å². The number of hydrogen-bond donors (Lipinski definition) is 2. The van der Waals surface area contributed by atoms with Gasteiger partial charge in [0.15, 0.2) is 5.76 Å². The number of nitrogens with zero attached hydrogens (tertiary/aromatic N) is 1. The van der Waals surface area contributed by atoms with Gasteiger partial charge < -0.3 is 15.1 Å². The molecule has 0 aliphatic heterocycles. The molecule has 1 amide bonds. The van der Waals surface area contributed by atoms with Gasteiger partial charge in [0.25, 0.3) is 0 Å². The summed E-state index contributed by atoms with van der Waals surface area (Å²) in [5.41, 5.74) is 1.85. The van der Waals surface area contributed by atoms with Crippen molar-refractivity contribution in [2.24, 2.45) is 0 Å². The Balaban J connectivity index is 1.53. The Labute approximate surface area is 145 Å². The fourth-order valence-electron chi connectivity index (χ4n) is 3.04. The van der Waals surface area contributed by atoms with Gasteiger partial charge in [-0.25, -0.2) is 0 Å². The van der Waals surface area contributed by atoms with E-state index >= 15 is 0 Å². The molecule has 2 aromatic rings. The van der Waals surface area contributed by atoms with Crippen LogP contribution in [-0.4, -0.2) is 12.5 Å². The van der Waals surface area contributed by atoms with Crippen LogP contribution in [0.15, 0.2) is 22.8 Å². The molecule has 126 valence electrons. The van der Waals surface area contributed by atoms with Crippen LogP contribution in [0.4, 0.5) is 5.00 Å². The fourth-order valence-corrected chi connectivity index (χ4v) is 4.30. The Bertz CT molecular complexity index is 728. The van der Waals surface area contributed by atoms with Crippen molar-refractivity contribution in [3.8, 4) is 6.07 Å². The molecule has 0 radical (unpaired) electrons. The van der Waals surface area contributed by atoms with Crippen LogP contribution in [0.2, 0.25) is 0 Å². The van der Waals surface area contributed by atoms with Crippen LogP contribution in [0.3, 0.4) is 0 Å². The largest absolute Gasteiger partial charge is 0.463 e. The normalized spacial score (nSPS) is 13.8. The number of amides is 1. The first-order chi connectivity index (χ1) is 11.8. The number of fused-ring (bicyclic) bond motifs is 1. The number of anilines is 1. The molecule has 2 aromatic heterocycles. The van der Waals surface area contributed by atoms with Crippen molar-refractivity contribution in [1.29, 1.82) is 5.26 Å². The SMILES string of the molecule is N#Cc1c(NC(=O)CC[NH2+]Cc2ccco2)sc2c1CCCCC2. The van der Waals surface area contributed by atoms with E-state index in [0.29, 0.717) is 18.5 Å². The molecule has 1 aliphatic rings. The molecule has 0 bridgehead atoms. The third-order valence-electron chi connectivity index (χ3n) is 4.29. The molecule has 3 rings (SSSR count). The van der Waals surface area contributed by atoms with Gasteiger partial charge in [0.05, 0.1) is 24.8 Å². The summed E-state index contributed by atoms with van der Waals surface area (Å²) in [7, 11) is 0. The van der Waals surface area contributed by atoms with E-state index in [-0.39, 0.29) is 5.91 Å². The average molecular weight is 344 g/mol. The fraction of sp³-hybridized carbons (Fsp3) is 0.444. The van der Waals surface area contributed by atoms with Crippen LogP contribution in [-0.2, 0) is 24.2 Å². The maximum atomic E-state index is 12.2. The number of carbonyl (C=O) groups is 1. The number of hydrogen-bond acceptors (Lipinski definition) is 4. The van der Waals surface area contributed by atoms with Crippen molar-refractivity contribution < 1.29 is 14.5 Å². The number of carbonyl (C=O) groups excluding carboxylic acids is 1. The summed E-state index contributed by atoms with van der Waals surface area (Å²) in [5, 5.41) is 15.2. The van der Waals surface area contributed by atoms with Crippen LogP contribution in [0.1, 0.15) is 47.4 Å². The van der Waals surface area contributed by atoms with Gasteiger partial charge in [-0.3, -0.25) is 4.79 Å². The van der Waals surface area contributed by atoms with Gasteiger partial charge in [-0.1, -0.05) is 6.42 Å². The lowest BCUT2D eigenvalue weighted by Crippen LogP contribution is -2.82. The third kappa shape index (κ3) is 4.05. The van der Waals surface area contributed by atoms with Crippen LogP contribution >= 0.6 is 11.3 Å². The lowest BCUT2D eigenvalue weighted by atomic mass is 10.1. The number of furan rings is 1. The van der Waals surface area contributed by atoms with Gasteiger partial charge in [0.1, 0.15) is 17.6 Å². The Morgan fingerprint density at radius 2 is 2.25 bits per heavy atom. The number of nitrogens with one attached hydrogen (secondary N) is 1. The minimum Gasteiger partial charge on any atom is -0.463 e. The second-order valence-electron chi connectivity index (χ2n) is 6.04. The number of nitriles is 1. The summed E-state index contributed by atoms with van der Waals surface area (Å²) in [4.78, 5) is 13.4. The molecule has 0 unspecified atom stereocenters. The Kier molecular flexibility index (Phi) is 5.68. The Morgan fingerprint density at radius 3 is 3.04 bits per heavy atom. The molecular weight excluding hydrogens is 322 g/mol. The predicted octanol–water partition coefficient (Wildman–Crippen LogP) is 2.57. The van der Waals surface area contributed by atoms with Crippen molar-refractivity contribution in [2.75, 3.05) is 11.9 Å². The molecule has 6 heteroatoms. The van der Waals surface area contributed by atoms with Crippen molar-refractivity contribution >= 4 is 22.2 Å². The molecule has 0 atom stereocenters. The molecule has 0 saturated carbocycles. The van der Waals surface area contributed by atoms with Gasteiger partial charge in [-0.15, -0.1) is 11.3 Å². The smallest absolute Gasteiger partial charge is 0.230 e. The average Bonchev–Trinajstić information content (AvgIpc) is 3.14. The van der Waals surface area contributed by atoms with Gasteiger partial charge in [0, 0.05) is 4.88 Å². The van der Waals surface area contributed by atoms with Crippen LogP contribution in [0.5, 0.6) is 0 Å². The third-order valence-corrected chi connectivity index (χ3v) is 5.49. The molecular formula is C18H22N3O2S+. The lowest BCUT2D eigenvalue weighted by molar-refractivity contribution is -0.671. The molecule has 3 N–H and O–H groups in total. The molecule has 0 spiro atoms. The summed E-state index contributed by atoms with van der Waals surface area (Å²) in [6.07, 6.45) is 7.59. The lowest BCUT2D eigenvalue weighted by Gasteiger charge is -2.04. The second-order valence-corrected chi connectivity index (χ2v) is 7.14. The number of rotatable bonds is 6. The minimum atomic E-state index is -0.0291. The maximum absolute atomic E-state index is 12.2. The zero-order valence-corrected chi connectivity index (χ0v) is 14.5. The van der Waals surface area contributed by atoms with Gasteiger partial charge >= 0.3 is 0 Å². The van der Waals surface area contributed by atoms with Crippen molar-refractivity contribution in [1.82, 2.24) is 0 Å². The van der Waals surface area contributed by atoms with E-state index < -0.39 is 0 Å². The van der Waals surface area contributed by atoms with E-state index in [9.17, 15) is 10.1 Å². The maximum Gasteiger partial charge on any atom is 0.230 e. The van der Waals surface area contributed by atoms with Crippen molar-refractivity contribution in [2.45, 2.75) is 45.1 Å². The summed E-state index contributed by atoms with van der Waals surface area (Å²) in [6.45, 7) is 1.43. The molecule has 0 saturated heterocycles. The first-order valence-electron chi connectivity index (χ1n) is 8.46. The summed E-state index contributed by atoms with van der Waals surface area (Å²) in [6, 6.07) is 6.08.